The van der Waals surface area contributed by atoms with Crippen LogP contribution < -0.4 is 11.5 Å². The van der Waals surface area contributed by atoms with Gasteiger partial charge in [0.15, 0.2) is 0 Å². The Morgan fingerprint density at radius 2 is 1.79 bits per heavy atom. The van der Waals surface area contributed by atoms with E-state index in [4.69, 9.17) is 11.1 Å². The molecule has 0 amide bonds. The highest BCUT2D eigenvalue weighted by Gasteiger charge is 2.33. The van der Waals surface area contributed by atoms with Gasteiger partial charge >= 0.3 is 6.18 Å². The van der Waals surface area contributed by atoms with Crippen molar-refractivity contribution < 1.29 is 13.2 Å². The quantitative estimate of drug-likeness (QED) is 0.279. The van der Waals surface area contributed by atoms with E-state index in [9.17, 15) is 13.2 Å². The van der Waals surface area contributed by atoms with Crippen molar-refractivity contribution in [3.8, 4) is 0 Å². The number of hydrogen-bond acceptors (Lipinski definition) is 2. The molecule has 14 heavy (non-hydrogen) atoms. The van der Waals surface area contributed by atoms with E-state index >= 15 is 0 Å². The molecule has 0 aliphatic rings. The maximum absolute atomic E-state index is 11.8. The van der Waals surface area contributed by atoms with Crippen LogP contribution in [0.2, 0.25) is 0 Å². The number of aliphatic imine (C=N–C) groups is 1. The molecule has 78 valence electrons. The lowest BCUT2D eigenvalue weighted by molar-refractivity contribution is -0.0597. The Morgan fingerprint density at radius 1 is 1.29 bits per heavy atom. The van der Waals surface area contributed by atoms with E-state index in [1.807, 2.05) is 0 Å². The number of hydrogen-bond donors (Lipinski definition) is 3. The van der Waals surface area contributed by atoms with E-state index in [0.717, 1.165) is 12.2 Å². The summed E-state index contributed by atoms with van der Waals surface area (Å²) in [7, 11) is 0. The molecule has 0 radical (unpaired) electrons. The second-order valence-corrected chi connectivity index (χ2v) is 2.59. The predicted octanol–water partition coefficient (Wildman–Crippen LogP) is 0.725. The second kappa shape index (κ2) is 4.70. The molecule has 0 aliphatic carbocycles. The third-order valence-corrected chi connectivity index (χ3v) is 1.07. The molecular formula is C6H7F3N4S. The Hall–Kier alpha value is -1.44. The summed E-state index contributed by atoms with van der Waals surface area (Å²) in [6, 6.07) is 0. The van der Waals surface area contributed by atoms with Crippen LogP contribution in [0.1, 0.15) is 0 Å². The van der Waals surface area contributed by atoms with Crippen molar-refractivity contribution in [1.82, 2.24) is 0 Å². The largest absolute Gasteiger partial charge is 0.449 e. The van der Waals surface area contributed by atoms with Gasteiger partial charge in [-0.1, -0.05) is 12.2 Å². The monoisotopic (exact) mass is 224 g/mol. The molecule has 0 heterocycles. The van der Waals surface area contributed by atoms with Gasteiger partial charge in [0, 0.05) is 0 Å². The molecule has 0 aromatic carbocycles. The van der Waals surface area contributed by atoms with Crippen molar-refractivity contribution in [2.75, 3.05) is 0 Å². The summed E-state index contributed by atoms with van der Waals surface area (Å²) < 4.78 is 35.3. The molecule has 5 N–H and O–H groups in total. The maximum Gasteiger partial charge on any atom is 0.449 e. The van der Waals surface area contributed by atoms with Crippen LogP contribution in [0.15, 0.2) is 17.1 Å². The zero-order valence-electron chi connectivity index (χ0n) is 6.80. The summed E-state index contributed by atoms with van der Waals surface area (Å²) >= 11 is 4.39. The number of rotatable bonds is 2. The molecule has 8 heteroatoms. The van der Waals surface area contributed by atoms with E-state index in [2.05, 4.69) is 22.9 Å². The normalized spacial score (nSPS) is 13.2. The Morgan fingerprint density at radius 3 is 2.14 bits per heavy atom. The first-order valence-electron chi connectivity index (χ1n) is 3.21. The van der Waals surface area contributed by atoms with E-state index < -0.39 is 17.8 Å². The second-order valence-electron chi connectivity index (χ2n) is 2.12. The molecule has 0 aliphatic heterocycles. The van der Waals surface area contributed by atoms with E-state index in [0.29, 0.717) is 0 Å². The zero-order valence-corrected chi connectivity index (χ0v) is 7.62. The lowest BCUT2D eigenvalue weighted by atomic mass is 10.4. The van der Waals surface area contributed by atoms with Gasteiger partial charge in [-0.3, -0.25) is 5.41 Å². The summed E-state index contributed by atoms with van der Waals surface area (Å²) in [4.78, 5) is 2.71. The van der Waals surface area contributed by atoms with Gasteiger partial charge in [-0.2, -0.15) is 13.2 Å². The fourth-order valence-electron chi connectivity index (χ4n) is 0.391. The minimum Gasteiger partial charge on any atom is -0.390 e. The van der Waals surface area contributed by atoms with Crippen LogP contribution in [0.3, 0.4) is 0 Å². The van der Waals surface area contributed by atoms with Crippen LogP contribution in [0.4, 0.5) is 13.2 Å². The first kappa shape index (κ1) is 12.6. The summed E-state index contributed by atoms with van der Waals surface area (Å²) in [6.07, 6.45) is -2.74. The highest BCUT2D eigenvalue weighted by atomic mass is 32.1. The fraction of sp³-hybridized carbons (Fsp3) is 0.167. The first-order chi connectivity index (χ1) is 6.23. The maximum atomic E-state index is 11.8. The third kappa shape index (κ3) is 5.25. The fourth-order valence-corrected chi connectivity index (χ4v) is 0.460. The summed E-state index contributed by atoms with van der Waals surface area (Å²) in [6.45, 7) is 0. The highest BCUT2D eigenvalue weighted by Crippen LogP contribution is 2.14. The molecule has 0 saturated carbocycles. The van der Waals surface area contributed by atoms with Gasteiger partial charge in [-0.05, 0) is 12.2 Å². The molecule has 0 saturated heterocycles. The van der Waals surface area contributed by atoms with Crippen LogP contribution in [0, 0.1) is 5.41 Å². The van der Waals surface area contributed by atoms with Gasteiger partial charge in [0.2, 0.25) is 5.84 Å². The number of nitrogens with one attached hydrogen (secondary N) is 1. The van der Waals surface area contributed by atoms with Crippen molar-refractivity contribution in [3.05, 3.63) is 12.2 Å². The van der Waals surface area contributed by atoms with E-state index in [-0.39, 0.29) is 4.99 Å². The lowest BCUT2D eigenvalue weighted by Crippen LogP contribution is -2.32. The summed E-state index contributed by atoms with van der Waals surface area (Å²) in [5.41, 5.74) is 9.55. The molecule has 0 aromatic rings. The van der Waals surface area contributed by atoms with Gasteiger partial charge in [0.05, 0.1) is 4.99 Å². The number of thiocarbonyl (C=S) groups is 1. The number of nitrogens with two attached hydrogens (primary N) is 2. The van der Waals surface area contributed by atoms with Crippen molar-refractivity contribution in [3.63, 3.8) is 0 Å². The average molecular weight is 224 g/mol. The van der Waals surface area contributed by atoms with Gasteiger partial charge in [0.1, 0.15) is 5.84 Å². The summed E-state index contributed by atoms with van der Waals surface area (Å²) in [5, 5.41) is 6.92. The van der Waals surface area contributed by atoms with Gasteiger partial charge in [-0.15, -0.1) is 0 Å². The van der Waals surface area contributed by atoms with Gasteiger partial charge in [0.25, 0.3) is 0 Å². The van der Waals surface area contributed by atoms with Gasteiger partial charge < -0.3 is 11.5 Å². The number of amidine groups is 2. The van der Waals surface area contributed by atoms with Crippen molar-refractivity contribution in [1.29, 1.82) is 5.41 Å². The Balaban J connectivity index is 4.53. The highest BCUT2D eigenvalue weighted by molar-refractivity contribution is 7.80. The minimum absolute atomic E-state index is 0.0597. The topological polar surface area (TPSA) is 88.2 Å². The molecule has 0 bridgehead atoms. The lowest BCUT2D eigenvalue weighted by Gasteiger charge is -2.03. The summed E-state index contributed by atoms with van der Waals surface area (Å²) in [5.74, 6) is -2.26. The zero-order chi connectivity index (χ0) is 11.4. The van der Waals surface area contributed by atoms with Crippen LogP contribution in [0.25, 0.3) is 0 Å². The Kier molecular flexibility index (Phi) is 4.22. The Bertz CT molecular complexity index is 305. The number of nitrogens with zero attached hydrogens (tertiary/aromatic N) is 1. The number of halogens is 3. The van der Waals surface area contributed by atoms with Crippen molar-refractivity contribution in [2.45, 2.75) is 6.18 Å². The van der Waals surface area contributed by atoms with Gasteiger partial charge in [-0.25, -0.2) is 4.99 Å². The van der Waals surface area contributed by atoms with Crippen molar-refractivity contribution in [2.24, 2.45) is 16.5 Å². The molecule has 0 atom stereocenters. The first-order valence-corrected chi connectivity index (χ1v) is 3.61. The van der Waals surface area contributed by atoms with Crippen molar-refractivity contribution >= 4 is 28.9 Å². The SMILES string of the molecule is N=C(/C=C\C(N)=S)N=C(N)C(F)(F)F. The standard InChI is InChI=1S/C6H7F3N4S/c7-6(8,9)5(12)13-3(10)1-2-4(11)14/h1-2H,(H2,11,14)(H3,10,12,13)/b2-1-. The van der Waals surface area contributed by atoms with E-state index in [1.165, 1.54) is 0 Å². The smallest absolute Gasteiger partial charge is 0.390 e. The molecule has 0 rings (SSSR count). The average Bonchev–Trinajstić information content (AvgIpc) is 1.99. The molecule has 0 spiro atoms. The molecular weight excluding hydrogens is 217 g/mol. The van der Waals surface area contributed by atoms with E-state index in [1.54, 1.807) is 0 Å². The molecule has 0 aromatic heterocycles. The molecule has 0 fully saturated rings. The third-order valence-electron chi connectivity index (χ3n) is 0.937. The molecule has 0 unspecified atom stereocenters. The Labute approximate surface area is 83.0 Å². The van der Waals surface area contributed by atoms with Crippen LogP contribution in [-0.4, -0.2) is 22.8 Å². The molecule has 4 nitrogen and oxygen atoms in total. The van der Waals surface area contributed by atoms with Crippen LogP contribution >= 0.6 is 12.2 Å². The minimum atomic E-state index is -4.73. The number of alkyl halides is 3. The predicted molar refractivity (Wildman–Crippen MR) is 51.3 cm³/mol. The van der Waals surface area contributed by atoms with Crippen LogP contribution in [-0.2, 0) is 0 Å². The van der Waals surface area contributed by atoms with Crippen LogP contribution in [0.5, 0.6) is 0 Å².